The van der Waals surface area contributed by atoms with E-state index in [0.29, 0.717) is 5.92 Å². The Kier molecular flexibility index (Phi) is 2.49. The molecule has 0 aromatic heterocycles. The predicted octanol–water partition coefficient (Wildman–Crippen LogP) is 0.367. The molecule has 0 aromatic rings. The lowest BCUT2D eigenvalue weighted by molar-refractivity contribution is 0.133. The highest BCUT2D eigenvalue weighted by molar-refractivity contribution is 4.77. The summed E-state index contributed by atoms with van der Waals surface area (Å²) in [6, 6.07) is 0. The Bertz CT molecular complexity index is 85.0. The van der Waals surface area contributed by atoms with Crippen LogP contribution >= 0.6 is 0 Å². The molecule has 0 spiro atoms. The Hall–Kier alpha value is -0.0800. The monoisotopic (exact) mass is 129 g/mol. The molecule has 1 aliphatic carbocycles. The minimum Gasteiger partial charge on any atom is -0.393 e. The van der Waals surface area contributed by atoms with Crippen LogP contribution in [0.25, 0.3) is 0 Å². The first-order chi connectivity index (χ1) is 4.34. The second-order valence-corrected chi connectivity index (χ2v) is 2.82. The molecule has 54 valence electrons. The Morgan fingerprint density at radius 1 is 1.56 bits per heavy atom. The summed E-state index contributed by atoms with van der Waals surface area (Å²) in [6.45, 7) is 0.973. The zero-order chi connectivity index (χ0) is 6.69. The van der Waals surface area contributed by atoms with Gasteiger partial charge in [0.05, 0.1) is 6.10 Å². The van der Waals surface area contributed by atoms with Crippen LogP contribution in [0, 0.1) is 5.92 Å². The Morgan fingerprint density at radius 2 is 2.33 bits per heavy atom. The fourth-order valence-electron chi connectivity index (χ4n) is 1.52. The molecule has 2 unspecified atom stereocenters. The molecular weight excluding hydrogens is 114 g/mol. The predicted molar refractivity (Wildman–Crippen MR) is 37.3 cm³/mol. The van der Waals surface area contributed by atoms with Gasteiger partial charge in [-0.15, -0.1) is 0 Å². The standard InChI is InChI=1S/C7H15NO/c1-8-5-6-3-2-4-7(6)9/h6-9H,2-5H2,1H3. The third-order valence-corrected chi connectivity index (χ3v) is 2.09. The third kappa shape index (κ3) is 1.66. The summed E-state index contributed by atoms with van der Waals surface area (Å²) in [6.07, 6.45) is 3.37. The van der Waals surface area contributed by atoms with Gasteiger partial charge < -0.3 is 10.4 Å². The van der Waals surface area contributed by atoms with Crippen molar-refractivity contribution in [2.45, 2.75) is 25.4 Å². The van der Waals surface area contributed by atoms with Crippen LogP contribution in [0.4, 0.5) is 0 Å². The molecule has 1 rings (SSSR count). The van der Waals surface area contributed by atoms with E-state index in [4.69, 9.17) is 0 Å². The number of aliphatic hydroxyl groups excluding tert-OH is 1. The largest absolute Gasteiger partial charge is 0.393 e. The minimum absolute atomic E-state index is 0.0301. The van der Waals surface area contributed by atoms with Crippen LogP contribution in [-0.2, 0) is 0 Å². The molecule has 0 radical (unpaired) electrons. The lowest BCUT2D eigenvalue weighted by Gasteiger charge is -2.12. The van der Waals surface area contributed by atoms with E-state index in [1.165, 1.54) is 12.8 Å². The Morgan fingerprint density at radius 3 is 2.78 bits per heavy atom. The SMILES string of the molecule is CNCC1CCCC1O. The molecular formula is C7H15NO. The molecule has 2 nitrogen and oxygen atoms in total. The number of rotatable bonds is 2. The maximum Gasteiger partial charge on any atom is 0.0580 e. The lowest BCUT2D eigenvalue weighted by atomic mass is 10.1. The van der Waals surface area contributed by atoms with Crippen LogP contribution in [0.1, 0.15) is 19.3 Å². The highest BCUT2D eigenvalue weighted by Crippen LogP contribution is 2.24. The molecule has 0 amide bonds. The van der Waals surface area contributed by atoms with Crippen LogP contribution < -0.4 is 5.32 Å². The lowest BCUT2D eigenvalue weighted by Crippen LogP contribution is -2.24. The second-order valence-electron chi connectivity index (χ2n) is 2.82. The van der Waals surface area contributed by atoms with Gasteiger partial charge >= 0.3 is 0 Å². The topological polar surface area (TPSA) is 32.3 Å². The van der Waals surface area contributed by atoms with Crippen molar-refractivity contribution in [1.82, 2.24) is 5.32 Å². The van der Waals surface area contributed by atoms with E-state index in [1.54, 1.807) is 0 Å². The zero-order valence-electron chi connectivity index (χ0n) is 5.93. The molecule has 1 fully saturated rings. The van der Waals surface area contributed by atoms with E-state index in [1.807, 2.05) is 7.05 Å². The van der Waals surface area contributed by atoms with Crippen molar-refractivity contribution < 1.29 is 5.11 Å². The summed E-state index contributed by atoms with van der Waals surface area (Å²) in [5.74, 6) is 0.523. The zero-order valence-corrected chi connectivity index (χ0v) is 5.93. The van der Waals surface area contributed by atoms with Gasteiger partial charge in [-0.1, -0.05) is 6.42 Å². The Balaban J connectivity index is 2.22. The van der Waals surface area contributed by atoms with E-state index in [9.17, 15) is 5.11 Å². The molecule has 2 heteroatoms. The van der Waals surface area contributed by atoms with Crippen molar-refractivity contribution in [1.29, 1.82) is 0 Å². The smallest absolute Gasteiger partial charge is 0.0580 e. The van der Waals surface area contributed by atoms with E-state index < -0.39 is 0 Å². The summed E-state index contributed by atoms with van der Waals surface area (Å²) in [5, 5.41) is 12.4. The van der Waals surface area contributed by atoms with Crippen molar-refractivity contribution in [3.8, 4) is 0 Å². The molecule has 0 heterocycles. The molecule has 0 aromatic carbocycles. The van der Waals surface area contributed by atoms with Gasteiger partial charge in [-0.05, 0) is 25.8 Å². The van der Waals surface area contributed by atoms with Gasteiger partial charge in [0, 0.05) is 6.54 Å². The molecule has 2 N–H and O–H groups in total. The first-order valence-electron chi connectivity index (χ1n) is 3.67. The second kappa shape index (κ2) is 3.18. The number of hydrogen-bond donors (Lipinski definition) is 2. The van der Waals surface area contributed by atoms with Crippen LogP contribution in [0.15, 0.2) is 0 Å². The average molecular weight is 129 g/mol. The van der Waals surface area contributed by atoms with E-state index in [0.717, 1.165) is 13.0 Å². The maximum atomic E-state index is 9.28. The van der Waals surface area contributed by atoms with Gasteiger partial charge in [0.15, 0.2) is 0 Å². The van der Waals surface area contributed by atoms with Gasteiger partial charge in [0.2, 0.25) is 0 Å². The maximum absolute atomic E-state index is 9.28. The molecule has 0 saturated heterocycles. The van der Waals surface area contributed by atoms with E-state index in [2.05, 4.69) is 5.32 Å². The normalized spacial score (nSPS) is 35.3. The Labute approximate surface area is 56.3 Å². The van der Waals surface area contributed by atoms with Crippen LogP contribution in [0.5, 0.6) is 0 Å². The highest BCUT2D eigenvalue weighted by atomic mass is 16.3. The molecule has 1 aliphatic rings. The van der Waals surface area contributed by atoms with Gasteiger partial charge in [0.25, 0.3) is 0 Å². The van der Waals surface area contributed by atoms with Gasteiger partial charge in [0.1, 0.15) is 0 Å². The summed E-state index contributed by atoms with van der Waals surface area (Å²) in [5.41, 5.74) is 0. The van der Waals surface area contributed by atoms with E-state index >= 15 is 0 Å². The highest BCUT2D eigenvalue weighted by Gasteiger charge is 2.23. The molecule has 0 bridgehead atoms. The van der Waals surface area contributed by atoms with Crippen molar-refractivity contribution >= 4 is 0 Å². The summed E-state index contributed by atoms with van der Waals surface area (Å²) in [7, 11) is 1.94. The van der Waals surface area contributed by atoms with Crippen molar-refractivity contribution in [3.05, 3.63) is 0 Å². The van der Waals surface area contributed by atoms with Gasteiger partial charge in [-0.2, -0.15) is 0 Å². The van der Waals surface area contributed by atoms with Crippen molar-refractivity contribution in [3.63, 3.8) is 0 Å². The first kappa shape index (κ1) is 7.03. The fraction of sp³-hybridized carbons (Fsp3) is 1.00. The van der Waals surface area contributed by atoms with E-state index in [-0.39, 0.29) is 6.10 Å². The first-order valence-corrected chi connectivity index (χ1v) is 3.67. The summed E-state index contributed by atoms with van der Waals surface area (Å²) < 4.78 is 0. The van der Waals surface area contributed by atoms with Crippen molar-refractivity contribution in [2.24, 2.45) is 5.92 Å². The third-order valence-electron chi connectivity index (χ3n) is 2.09. The quantitative estimate of drug-likeness (QED) is 0.564. The van der Waals surface area contributed by atoms with Gasteiger partial charge in [-0.25, -0.2) is 0 Å². The number of nitrogens with one attached hydrogen (secondary N) is 1. The summed E-state index contributed by atoms with van der Waals surface area (Å²) >= 11 is 0. The van der Waals surface area contributed by atoms with Crippen LogP contribution in [0.3, 0.4) is 0 Å². The molecule has 0 aliphatic heterocycles. The minimum atomic E-state index is -0.0301. The fourth-order valence-corrected chi connectivity index (χ4v) is 1.52. The van der Waals surface area contributed by atoms with Crippen molar-refractivity contribution in [2.75, 3.05) is 13.6 Å². The molecule has 9 heavy (non-hydrogen) atoms. The van der Waals surface area contributed by atoms with Crippen LogP contribution in [0.2, 0.25) is 0 Å². The van der Waals surface area contributed by atoms with Gasteiger partial charge in [-0.3, -0.25) is 0 Å². The average Bonchev–Trinajstić information content (AvgIpc) is 2.18. The number of hydrogen-bond acceptors (Lipinski definition) is 2. The molecule has 1 saturated carbocycles. The summed E-state index contributed by atoms with van der Waals surface area (Å²) in [4.78, 5) is 0. The number of aliphatic hydroxyl groups is 1. The molecule has 2 atom stereocenters. The van der Waals surface area contributed by atoms with Crippen LogP contribution in [-0.4, -0.2) is 24.8 Å².